The van der Waals surface area contributed by atoms with E-state index < -0.39 is 12.0 Å². The lowest BCUT2D eigenvalue weighted by Gasteiger charge is -2.07. The second-order valence-corrected chi connectivity index (χ2v) is 4.98. The number of nitrogens with one attached hydrogen (secondary N) is 1. The summed E-state index contributed by atoms with van der Waals surface area (Å²) in [5.41, 5.74) is 0.971. The minimum absolute atomic E-state index is 0. The average Bonchev–Trinajstić information content (AvgIpc) is 2.83. The lowest BCUT2D eigenvalue weighted by atomic mass is 10.1. The predicted molar refractivity (Wildman–Crippen MR) is 68.9 cm³/mol. The summed E-state index contributed by atoms with van der Waals surface area (Å²) >= 11 is 0. The number of carboxylic acid groups (broad SMARTS) is 1. The molecule has 0 saturated carbocycles. The van der Waals surface area contributed by atoms with Crippen LogP contribution in [-0.2, 0) is 11.2 Å². The van der Waals surface area contributed by atoms with E-state index in [1.54, 1.807) is 4.68 Å². The molecule has 0 spiro atoms. The molecule has 0 bridgehead atoms. The molecule has 1 saturated heterocycles. The number of carboxylic acids is 1. The van der Waals surface area contributed by atoms with Crippen molar-refractivity contribution >= 4 is 18.4 Å². The maximum absolute atomic E-state index is 10.8. The lowest BCUT2D eigenvalue weighted by Crippen LogP contribution is -2.29. The fourth-order valence-electron chi connectivity index (χ4n) is 2.11. The average molecular weight is 275 g/mol. The van der Waals surface area contributed by atoms with Crippen molar-refractivity contribution in [2.45, 2.75) is 38.8 Å². The number of rotatable bonds is 4. The summed E-state index contributed by atoms with van der Waals surface area (Å²) in [5.74, 6) is -0.247. The standard InChI is InChI=1S/C11H18N4O2.ClH/c1-7(2)3-8-6-15(14-13-8)9-4-10(11(16)17)12-5-9;/h6-7,9-10,12H,3-5H2,1-2H3,(H,16,17);1H/t9-,10-;/m0./s1. The largest absolute Gasteiger partial charge is 0.480 e. The molecule has 0 radical (unpaired) electrons. The van der Waals surface area contributed by atoms with Gasteiger partial charge in [0, 0.05) is 12.7 Å². The van der Waals surface area contributed by atoms with E-state index in [1.165, 1.54) is 0 Å². The number of hydrogen-bond acceptors (Lipinski definition) is 4. The highest BCUT2D eigenvalue weighted by atomic mass is 35.5. The molecule has 102 valence electrons. The fraction of sp³-hybridized carbons (Fsp3) is 0.727. The van der Waals surface area contributed by atoms with Crippen LogP contribution < -0.4 is 5.32 Å². The fourth-order valence-corrected chi connectivity index (χ4v) is 2.11. The molecule has 1 aromatic rings. The van der Waals surface area contributed by atoms with Crippen molar-refractivity contribution in [3.05, 3.63) is 11.9 Å². The number of hydrogen-bond donors (Lipinski definition) is 2. The summed E-state index contributed by atoms with van der Waals surface area (Å²) in [4.78, 5) is 10.8. The Labute approximate surface area is 112 Å². The quantitative estimate of drug-likeness (QED) is 0.852. The first kappa shape index (κ1) is 14.9. The van der Waals surface area contributed by atoms with Crippen molar-refractivity contribution in [1.29, 1.82) is 0 Å². The highest BCUT2D eigenvalue weighted by Crippen LogP contribution is 2.19. The molecule has 1 aliphatic heterocycles. The van der Waals surface area contributed by atoms with Gasteiger partial charge < -0.3 is 10.4 Å². The molecule has 2 heterocycles. The molecule has 2 N–H and O–H groups in total. The Morgan fingerprint density at radius 3 is 2.94 bits per heavy atom. The van der Waals surface area contributed by atoms with Gasteiger partial charge in [0.15, 0.2) is 0 Å². The van der Waals surface area contributed by atoms with E-state index in [-0.39, 0.29) is 18.4 Å². The molecule has 2 rings (SSSR count). The van der Waals surface area contributed by atoms with Gasteiger partial charge in [-0.2, -0.15) is 0 Å². The van der Waals surface area contributed by atoms with E-state index in [0.29, 0.717) is 18.9 Å². The number of nitrogens with zero attached hydrogens (tertiary/aromatic N) is 3. The van der Waals surface area contributed by atoms with Crippen LogP contribution in [0, 0.1) is 5.92 Å². The van der Waals surface area contributed by atoms with Crippen molar-refractivity contribution in [2.24, 2.45) is 5.92 Å². The predicted octanol–water partition coefficient (Wildman–Crippen LogP) is 0.886. The van der Waals surface area contributed by atoms with Gasteiger partial charge in [0.1, 0.15) is 6.04 Å². The SMILES string of the molecule is CC(C)Cc1cn([C@@H]2CN[C@H](C(=O)O)C2)nn1.Cl. The van der Waals surface area contributed by atoms with Gasteiger partial charge >= 0.3 is 5.97 Å². The van der Waals surface area contributed by atoms with Crippen LogP contribution in [0.25, 0.3) is 0 Å². The number of halogens is 1. The summed E-state index contributed by atoms with van der Waals surface area (Å²) in [7, 11) is 0. The Kier molecular flexibility index (Phi) is 5.10. The van der Waals surface area contributed by atoms with Crippen LogP contribution >= 0.6 is 12.4 Å². The van der Waals surface area contributed by atoms with E-state index in [1.807, 2.05) is 6.20 Å². The maximum Gasteiger partial charge on any atom is 0.320 e. The summed E-state index contributed by atoms with van der Waals surface area (Å²) in [6.45, 7) is 4.91. The van der Waals surface area contributed by atoms with Crippen molar-refractivity contribution in [3.63, 3.8) is 0 Å². The number of aliphatic carboxylic acids is 1. The Hall–Kier alpha value is -1.14. The molecule has 1 fully saturated rings. The summed E-state index contributed by atoms with van der Waals surface area (Å²) in [5, 5.41) is 20.0. The summed E-state index contributed by atoms with van der Waals surface area (Å²) in [6, 6.07) is -0.359. The van der Waals surface area contributed by atoms with Crippen molar-refractivity contribution in [1.82, 2.24) is 20.3 Å². The molecule has 18 heavy (non-hydrogen) atoms. The minimum Gasteiger partial charge on any atom is -0.480 e. The van der Waals surface area contributed by atoms with Gasteiger partial charge in [-0.05, 0) is 18.8 Å². The molecule has 1 aromatic heterocycles. The van der Waals surface area contributed by atoms with Crippen LogP contribution in [0.3, 0.4) is 0 Å². The smallest absolute Gasteiger partial charge is 0.320 e. The lowest BCUT2D eigenvalue weighted by molar-refractivity contribution is -0.139. The molecular formula is C11H19ClN4O2. The third-order valence-corrected chi connectivity index (χ3v) is 2.95. The Balaban J connectivity index is 0.00000162. The van der Waals surface area contributed by atoms with Gasteiger partial charge in [0.25, 0.3) is 0 Å². The Morgan fingerprint density at radius 2 is 2.39 bits per heavy atom. The first-order valence-corrected chi connectivity index (χ1v) is 5.93. The highest BCUT2D eigenvalue weighted by Gasteiger charge is 2.30. The second-order valence-electron chi connectivity index (χ2n) is 4.98. The second kappa shape index (κ2) is 6.15. The zero-order valence-corrected chi connectivity index (χ0v) is 11.4. The molecule has 1 aliphatic rings. The topological polar surface area (TPSA) is 80.0 Å². The Morgan fingerprint density at radius 1 is 1.67 bits per heavy atom. The van der Waals surface area contributed by atoms with Crippen LogP contribution in [0.1, 0.15) is 32.0 Å². The monoisotopic (exact) mass is 274 g/mol. The van der Waals surface area contributed by atoms with Crippen LogP contribution in [-0.4, -0.2) is 38.7 Å². The van der Waals surface area contributed by atoms with Crippen LogP contribution in [0.15, 0.2) is 6.20 Å². The van der Waals surface area contributed by atoms with Crippen molar-refractivity contribution in [2.75, 3.05) is 6.54 Å². The van der Waals surface area contributed by atoms with Gasteiger partial charge in [-0.3, -0.25) is 4.79 Å². The first-order valence-electron chi connectivity index (χ1n) is 5.93. The molecule has 2 atom stereocenters. The molecule has 0 amide bonds. The maximum atomic E-state index is 10.8. The van der Waals surface area contributed by atoms with E-state index in [4.69, 9.17) is 5.11 Å². The van der Waals surface area contributed by atoms with E-state index in [9.17, 15) is 4.79 Å². The van der Waals surface area contributed by atoms with E-state index in [0.717, 1.165) is 12.1 Å². The molecular weight excluding hydrogens is 256 g/mol. The van der Waals surface area contributed by atoms with Crippen LogP contribution in [0.4, 0.5) is 0 Å². The third kappa shape index (κ3) is 3.43. The van der Waals surface area contributed by atoms with E-state index >= 15 is 0 Å². The van der Waals surface area contributed by atoms with Gasteiger partial charge in [-0.25, -0.2) is 4.68 Å². The molecule has 6 nitrogen and oxygen atoms in total. The molecule has 0 unspecified atom stereocenters. The normalized spacial score (nSPS) is 23.1. The third-order valence-electron chi connectivity index (χ3n) is 2.95. The van der Waals surface area contributed by atoms with Gasteiger partial charge in [-0.1, -0.05) is 19.1 Å². The number of aromatic nitrogens is 3. The zero-order chi connectivity index (χ0) is 12.4. The first-order chi connectivity index (χ1) is 8.06. The number of carbonyl (C=O) groups is 1. The van der Waals surface area contributed by atoms with Crippen LogP contribution in [0.5, 0.6) is 0 Å². The molecule has 0 aliphatic carbocycles. The molecule has 7 heteroatoms. The van der Waals surface area contributed by atoms with Gasteiger partial charge in [-0.15, -0.1) is 17.5 Å². The molecule has 0 aromatic carbocycles. The highest BCUT2D eigenvalue weighted by molar-refractivity contribution is 5.85. The van der Waals surface area contributed by atoms with Gasteiger partial charge in [0.2, 0.25) is 0 Å². The van der Waals surface area contributed by atoms with Crippen molar-refractivity contribution < 1.29 is 9.90 Å². The Bertz CT molecular complexity index is 408. The summed E-state index contributed by atoms with van der Waals surface area (Å²) in [6.07, 6.45) is 3.40. The summed E-state index contributed by atoms with van der Waals surface area (Å²) < 4.78 is 1.79. The zero-order valence-electron chi connectivity index (χ0n) is 10.5. The van der Waals surface area contributed by atoms with E-state index in [2.05, 4.69) is 29.5 Å². The van der Waals surface area contributed by atoms with Crippen molar-refractivity contribution in [3.8, 4) is 0 Å². The minimum atomic E-state index is -0.796. The van der Waals surface area contributed by atoms with Gasteiger partial charge in [0.05, 0.1) is 11.7 Å². The van der Waals surface area contributed by atoms with Crippen LogP contribution in [0.2, 0.25) is 0 Å².